The second kappa shape index (κ2) is 4.69. The Labute approximate surface area is 110 Å². The van der Waals surface area contributed by atoms with Crippen LogP contribution in [0.1, 0.15) is 31.2 Å². The van der Waals surface area contributed by atoms with Crippen LogP contribution in [0.4, 0.5) is 0 Å². The second-order valence-corrected chi connectivity index (χ2v) is 4.98. The first-order valence-electron chi connectivity index (χ1n) is 5.82. The van der Waals surface area contributed by atoms with Crippen molar-refractivity contribution < 1.29 is 19.7 Å². The Bertz CT molecular complexity index is 478. The summed E-state index contributed by atoms with van der Waals surface area (Å²) in [6.45, 7) is 0. The van der Waals surface area contributed by atoms with Gasteiger partial charge in [0.25, 0.3) is 0 Å². The average molecular weight is 271 g/mol. The minimum absolute atomic E-state index is 0.140. The Morgan fingerprint density at radius 1 is 1.39 bits per heavy atom. The molecule has 1 aliphatic carbocycles. The number of carboxylic acids is 1. The molecule has 0 aliphatic heterocycles. The number of phenolic OH excluding ortho intramolecular Hbond substituents is 1. The number of aromatic hydroxyl groups is 1. The van der Waals surface area contributed by atoms with Crippen molar-refractivity contribution in [2.75, 3.05) is 7.11 Å². The normalized spacial score (nSPS) is 17.7. The van der Waals surface area contributed by atoms with Crippen molar-refractivity contribution in [1.29, 1.82) is 0 Å². The largest absolute Gasteiger partial charge is 0.504 e. The van der Waals surface area contributed by atoms with E-state index in [2.05, 4.69) is 0 Å². The summed E-state index contributed by atoms with van der Waals surface area (Å²) in [4.78, 5) is 11.6. The van der Waals surface area contributed by atoms with E-state index in [1.807, 2.05) is 0 Å². The Balaban J connectivity index is 2.59. The zero-order valence-electron chi connectivity index (χ0n) is 10.1. The molecule has 1 saturated carbocycles. The van der Waals surface area contributed by atoms with Crippen LogP contribution in [0.25, 0.3) is 0 Å². The molecule has 4 nitrogen and oxygen atoms in total. The molecule has 0 atom stereocenters. The molecule has 0 aromatic heterocycles. The highest BCUT2D eigenvalue weighted by Gasteiger charge is 2.45. The van der Waals surface area contributed by atoms with Crippen LogP contribution < -0.4 is 4.74 Å². The Morgan fingerprint density at radius 3 is 2.50 bits per heavy atom. The van der Waals surface area contributed by atoms with Gasteiger partial charge in [0.1, 0.15) is 0 Å². The number of hydrogen-bond donors (Lipinski definition) is 2. The van der Waals surface area contributed by atoms with Crippen LogP contribution in [0.15, 0.2) is 12.1 Å². The van der Waals surface area contributed by atoms with E-state index in [0.717, 1.165) is 12.8 Å². The van der Waals surface area contributed by atoms with Crippen LogP contribution in [0.3, 0.4) is 0 Å². The Kier molecular flexibility index (Phi) is 3.39. The van der Waals surface area contributed by atoms with Crippen LogP contribution in [0.5, 0.6) is 11.5 Å². The van der Waals surface area contributed by atoms with Gasteiger partial charge >= 0.3 is 5.97 Å². The first-order chi connectivity index (χ1) is 8.53. The number of halogens is 1. The molecule has 0 spiro atoms. The van der Waals surface area contributed by atoms with Gasteiger partial charge < -0.3 is 14.9 Å². The average Bonchev–Trinajstić information content (AvgIpc) is 2.80. The van der Waals surface area contributed by atoms with Gasteiger partial charge in [0.2, 0.25) is 0 Å². The minimum Gasteiger partial charge on any atom is -0.504 e. The van der Waals surface area contributed by atoms with E-state index >= 15 is 0 Å². The smallest absolute Gasteiger partial charge is 0.314 e. The molecule has 98 valence electrons. The zero-order chi connectivity index (χ0) is 13.3. The van der Waals surface area contributed by atoms with Gasteiger partial charge in [-0.3, -0.25) is 4.79 Å². The van der Waals surface area contributed by atoms with Crippen LogP contribution >= 0.6 is 11.6 Å². The maximum atomic E-state index is 11.6. The first kappa shape index (κ1) is 13.0. The van der Waals surface area contributed by atoms with Gasteiger partial charge in [-0.25, -0.2) is 0 Å². The van der Waals surface area contributed by atoms with Gasteiger partial charge in [-0.2, -0.15) is 0 Å². The molecule has 18 heavy (non-hydrogen) atoms. The lowest BCUT2D eigenvalue weighted by Gasteiger charge is -2.26. The molecule has 0 saturated heterocycles. The summed E-state index contributed by atoms with van der Waals surface area (Å²) in [5.74, 6) is -0.921. The quantitative estimate of drug-likeness (QED) is 0.886. The monoisotopic (exact) mass is 270 g/mol. The predicted molar refractivity (Wildman–Crippen MR) is 67.5 cm³/mol. The topological polar surface area (TPSA) is 66.8 Å². The number of carbonyl (C=O) groups is 1. The summed E-state index contributed by atoms with van der Waals surface area (Å²) in [6, 6.07) is 3.15. The van der Waals surface area contributed by atoms with E-state index in [1.165, 1.54) is 7.11 Å². The van der Waals surface area contributed by atoms with E-state index in [4.69, 9.17) is 16.3 Å². The molecule has 1 fully saturated rings. The number of methoxy groups -OCH3 is 1. The van der Waals surface area contributed by atoms with Crippen LogP contribution in [0.2, 0.25) is 5.02 Å². The van der Waals surface area contributed by atoms with Crippen molar-refractivity contribution in [2.24, 2.45) is 0 Å². The van der Waals surface area contributed by atoms with Gasteiger partial charge in [0.05, 0.1) is 17.5 Å². The molecule has 0 bridgehead atoms. The van der Waals surface area contributed by atoms with Crippen molar-refractivity contribution in [1.82, 2.24) is 0 Å². The fraction of sp³-hybridized carbons (Fsp3) is 0.462. The number of carboxylic acid groups (broad SMARTS) is 1. The van der Waals surface area contributed by atoms with E-state index in [9.17, 15) is 15.0 Å². The summed E-state index contributed by atoms with van der Waals surface area (Å²) in [5.41, 5.74) is -0.615. The molecule has 0 amide bonds. The fourth-order valence-electron chi connectivity index (χ4n) is 2.70. The van der Waals surface area contributed by atoms with Gasteiger partial charge in [-0.05, 0) is 18.9 Å². The molecule has 2 rings (SSSR count). The summed E-state index contributed by atoms with van der Waals surface area (Å²) in [5, 5.41) is 19.9. The molecule has 1 aliphatic rings. The lowest BCUT2D eigenvalue weighted by molar-refractivity contribution is -0.143. The molecule has 0 heterocycles. The third-order valence-corrected chi connectivity index (χ3v) is 3.97. The van der Waals surface area contributed by atoms with E-state index in [1.54, 1.807) is 12.1 Å². The number of ether oxygens (including phenoxy) is 1. The summed E-state index contributed by atoms with van der Waals surface area (Å²) < 4.78 is 5.03. The van der Waals surface area contributed by atoms with Gasteiger partial charge in [-0.15, -0.1) is 0 Å². The van der Waals surface area contributed by atoms with Gasteiger partial charge in [0.15, 0.2) is 11.5 Å². The minimum atomic E-state index is -1.01. The summed E-state index contributed by atoms with van der Waals surface area (Å²) >= 11 is 5.90. The van der Waals surface area contributed by atoms with Crippen molar-refractivity contribution >= 4 is 17.6 Å². The number of benzene rings is 1. The maximum absolute atomic E-state index is 11.6. The van der Waals surface area contributed by atoms with Crippen LogP contribution in [0, 0.1) is 0 Å². The van der Waals surface area contributed by atoms with Gasteiger partial charge in [-0.1, -0.05) is 30.5 Å². The Hall–Kier alpha value is -1.42. The molecule has 1 aromatic rings. The van der Waals surface area contributed by atoms with Crippen LogP contribution in [-0.4, -0.2) is 23.3 Å². The number of rotatable bonds is 3. The zero-order valence-corrected chi connectivity index (χ0v) is 10.8. The highest BCUT2D eigenvalue weighted by atomic mass is 35.5. The van der Waals surface area contributed by atoms with Crippen LogP contribution in [-0.2, 0) is 10.2 Å². The molecule has 0 unspecified atom stereocenters. The third kappa shape index (κ3) is 1.81. The maximum Gasteiger partial charge on any atom is 0.314 e. The molecule has 0 radical (unpaired) electrons. The number of phenols is 1. The molecular formula is C13H15ClO4. The fourth-order valence-corrected chi connectivity index (χ4v) is 2.93. The lowest BCUT2D eigenvalue weighted by Crippen LogP contribution is -2.32. The van der Waals surface area contributed by atoms with E-state index in [-0.39, 0.29) is 16.5 Å². The molecular weight excluding hydrogens is 256 g/mol. The second-order valence-electron chi connectivity index (χ2n) is 4.57. The van der Waals surface area contributed by atoms with Gasteiger partial charge in [0, 0.05) is 5.56 Å². The van der Waals surface area contributed by atoms with Crippen molar-refractivity contribution in [3.05, 3.63) is 22.7 Å². The van der Waals surface area contributed by atoms with Crippen molar-refractivity contribution in [2.45, 2.75) is 31.1 Å². The lowest BCUT2D eigenvalue weighted by atomic mass is 9.78. The highest BCUT2D eigenvalue weighted by molar-refractivity contribution is 6.32. The molecule has 1 aromatic carbocycles. The molecule has 2 N–H and O–H groups in total. The first-order valence-corrected chi connectivity index (χ1v) is 6.20. The van der Waals surface area contributed by atoms with E-state index in [0.29, 0.717) is 18.4 Å². The number of hydrogen-bond acceptors (Lipinski definition) is 3. The predicted octanol–water partition coefficient (Wildman–Crippen LogP) is 2.95. The third-order valence-electron chi connectivity index (χ3n) is 3.67. The van der Waals surface area contributed by atoms with Crippen molar-refractivity contribution in [3.63, 3.8) is 0 Å². The summed E-state index contributed by atoms with van der Waals surface area (Å²) in [7, 11) is 1.40. The van der Waals surface area contributed by atoms with Crippen molar-refractivity contribution in [3.8, 4) is 11.5 Å². The SMILES string of the molecule is COc1c(Cl)ccc(C2(C(=O)O)CCCC2)c1O. The number of aliphatic carboxylic acids is 1. The summed E-state index contributed by atoms with van der Waals surface area (Å²) in [6.07, 6.45) is 2.74. The Morgan fingerprint density at radius 2 is 2.00 bits per heavy atom. The van der Waals surface area contributed by atoms with E-state index < -0.39 is 11.4 Å². The standard InChI is InChI=1S/C13H15ClO4/c1-18-11-9(14)5-4-8(10(11)15)13(12(16)17)6-2-3-7-13/h4-5,15H,2-3,6-7H2,1H3,(H,16,17). The highest BCUT2D eigenvalue weighted by Crippen LogP contribution is 2.49. The molecule has 5 heteroatoms.